The van der Waals surface area contributed by atoms with E-state index in [0.29, 0.717) is 0 Å². The molecule has 1 aromatic carbocycles. The summed E-state index contributed by atoms with van der Waals surface area (Å²) < 4.78 is 37.6. The number of halogens is 4. The molecule has 0 N–H and O–H groups in total. The molecular formula is C14H18BrF3N2. The molecule has 0 bridgehead atoms. The zero-order chi connectivity index (χ0) is 14.6. The molecule has 1 aromatic rings. The predicted molar refractivity (Wildman–Crippen MR) is 78.5 cm³/mol. The predicted octanol–water partition coefficient (Wildman–Crippen LogP) is 3.61. The maximum atomic E-state index is 12.5. The lowest BCUT2D eigenvalue weighted by molar-refractivity contribution is -0.137. The average molecular weight is 351 g/mol. The van der Waals surface area contributed by atoms with Crippen LogP contribution in [0, 0.1) is 0 Å². The van der Waals surface area contributed by atoms with Crippen LogP contribution in [0.3, 0.4) is 0 Å². The second-order valence-corrected chi connectivity index (χ2v) is 5.71. The van der Waals surface area contributed by atoms with Crippen molar-refractivity contribution in [1.29, 1.82) is 0 Å². The van der Waals surface area contributed by atoms with E-state index in [0.717, 1.165) is 62.3 Å². The highest BCUT2D eigenvalue weighted by molar-refractivity contribution is 9.09. The molecule has 0 unspecified atom stereocenters. The third-order valence-corrected chi connectivity index (χ3v) is 3.90. The summed E-state index contributed by atoms with van der Waals surface area (Å²) in [6.07, 6.45) is -3.22. The number of benzene rings is 1. The molecule has 1 aliphatic rings. The first kappa shape index (κ1) is 15.6. The first-order valence-corrected chi connectivity index (χ1v) is 7.83. The number of hydrogen-bond acceptors (Lipinski definition) is 2. The summed E-state index contributed by atoms with van der Waals surface area (Å²) in [5.74, 6) is 0. The van der Waals surface area contributed by atoms with Gasteiger partial charge in [0.1, 0.15) is 0 Å². The fraction of sp³-hybridized carbons (Fsp3) is 0.571. The van der Waals surface area contributed by atoms with Gasteiger partial charge in [-0.25, -0.2) is 0 Å². The lowest BCUT2D eigenvalue weighted by Crippen LogP contribution is -2.31. The fourth-order valence-corrected chi connectivity index (χ4v) is 2.94. The van der Waals surface area contributed by atoms with E-state index in [1.165, 1.54) is 0 Å². The third-order valence-electron chi connectivity index (χ3n) is 3.55. The lowest BCUT2D eigenvalue weighted by Gasteiger charge is -2.23. The number of alkyl halides is 4. The highest BCUT2D eigenvalue weighted by atomic mass is 79.9. The molecule has 112 valence electrons. The Kier molecular flexibility index (Phi) is 5.32. The Bertz CT molecular complexity index is 419. The summed E-state index contributed by atoms with van der Waals surface area (Å²) in [5, 5.41) is 0.952. The van der Waals surface area contributed by atoms with E-state index in [2.05, 4.69) is 25.7 Å². The van der Waals surface area contributed by atoms with Crippen LogP contribution in [0.25, 0.3) is 0 Å². The van der Waals surface area contributed by atoms with Crippen LogP contribution in [0.2, 0.25) is 0 Å². The largest absolute Gasteiger partial charge is 0.416 e. The van der Waals surface area contributed by atoms with Crippen LogP contribution in [0.5, 0.6) is 0 Å². The zero-order valence-corrected chi connectivity index (χ0v) is 12.8. The normalized spacial score (nSPS) is 18.1. The van der Waals surface area contributed by atoms with Crippen molar-refractivity contribution >= 4 is 21.6 Å². The Hall–Kier alpha value is -0.750. The molecule has 2 nitrogen and oxygen atoms in total. The standard InChI is InChI=1S/C14H18BrF3N2/c15-6-9-19-7-1-8-20(11-10-19)13-4-2-12(3-5-13)14(16,17)18/h2-5H,1,6-11H2. The molecule has 20 heavy (non-hydrogen) atoms. The van der Waals surface area contributed by atoms with Gasteiger partial charge in [-0.3, -0.25) is 0 Å². The van der Waals surface area contributed by atoms with Gasteiger partial charge in [-0.05, 0) is 37.2 Å². The molecule has 1 heterocycles. The van der Waals surface area contributed by atoms with E-state index in [1.54, 1.807) is 12.1 Å². The molecule has 1 saturated heterocycles. The fourth-order valence-electron chi connectivity index (χ4n) is 2.43. The van der Waals surface area contributed by atoms with Crippen molar-refractivity contribution in [3.63, 3.8) is 0 Å². The molecule has 0 atom stereocenters. The minimum absolute atomic E-state index is 0.586. The van der Waals surface area contributed by atoms with Gasteiger partial charge in [0.05, 0.1) is 5.56 Å². The Balaban J connectivity index is 2.01. The molecule has 0 amide bonds. The average Bonchev–Trinajstić information content (AvgIpc) is 2.64. The highest BCUT2D eigenvalue weighted by Crippen LogP contribution is 2.30. The number of nitrogens with zero attached hydrogens (tertiary/aromatic N) is 2. The summed E-state index contributed by atoms with van der Waals surface area (Å²) in [5.41, 5.74) is 0.288. The molecule has 0 saturated carbocycles. The quantitative estimate of drug-likeness (QED) is 0.768. The number of rotatable bonds is 3. The van der Waals surface area contributed by atoms with Crippen molar-refractivity contribution in [1.82, 2.24) is 4.90 Å². The van der Waals surface area contributed by atoms with Gasteiger partial charge in [-0.2, -0.15) is 13.2 Å². The highest BCUT2D eigenvalue weighted by Gasteiger charge is 2.30. The maximum Gasteiger partial charge on any atom is 0.416 e. The van der Waals surface area contributed by atoms with Crippen LogP contribution in [0.4, 0.5) is 18.9 Å². The minimum atomic E-state index is -4.26. The van der Waals surface area contributed by atoms with Crippen molar-refractivity contribution in [2.45, 2.75) is 12.6 Å². The van der Waals surface area contributed by atoms with Gasteiger partial charge in [0.15, 0.2) is 0 Å². The number of hydrogen-bond donors (Lipinski definition) is 0. The molecule has 0 aliphatic carbocycles. The third kappa shape index (κ3) is 4.12. The van der Waals surface area contributed by atoms with E-state index in [9.17, 15) is 13.2 Å². The van der Waals surface area contributed by atoms with Crippen molar-refractivity contribution in [2.24, 2.45) is 0 Å². The van der Waals surface area contributed by atoms with Gasteiger partial charge in [0, 0.05) is 37.2 Å². The number of anilines is 1. The molecular weight excluding hydrogens is 333 g/mol. The van der Waals surface area contributed by atoms with Gasteiger partial charge < -0.3 is 9.80 Å². The van der Waals surface area contributed by atoms with Crippen molar-refractivity contribution < 1.29 is 13.2 Å². The Morgan fingerprint density at radius 2 is 1.70 bits per heavy atom. The van der Waals surface area contributed by atoms with E-state index in [-0.39, 0.29) is 0 Å². The van der Waals surface area contributed by atoms with Crippen LogP contribution in [-0.4, -0.2) is 43.0 Å². The summed E-state index contributed by atoms with van der Waals surface area (Å²) >= 11 is 3.44. The summed E-state index contributed by atoms with van der Waals surface area (Å²) in [6.45, 7) is 4.76. The Labute approximate surface area is 125 Å². The molecule has 0 radical (unpaired) electrons. The van der Waals surface area contributed by atoms with Gasteiger partial charge in [-0.1, -0.05) is 15.9 Å². The Morgan fingerprint density at radius 3 is 2.30 bits per heavy atom. The van der Waals surface area contributed by atoms with Crippen LogP contribution >= 0.6 is 15.9 Å². The van der Waals surface area contributed by atoms with E-state index < -0.39 is 11.7 Å². The van der Waals surface area contributed by atoms with Crippen molar-refractivity contribution in [3.8, 4) is 0 Å². The first-order chi connectivity index (χ1) is 9.50. The van der Waals surface area contributed by atoms with E-state index >= 15 is 0 Å². The smallest absolute Gasteiger partial charge is 0.370 e. The summed E-state index contributed by atoms with van der Waals surface area (Å²) in [4.78, 5) is 4.53. The van der Waals surface area contributed by atoms with Crippen LogP contribution in [0.1, 0.15) is 12.0 Å². The van der Waals surface area contributed by atoms with Crippen LogP contribution < -0.4 is 4.90 Å². The molecule has 1 aliphatic heterocycles. The van der Waals surface area contributed by atoms with Gasteiger partial charge in [0.25, 0.3) is 0 Å². The molecule has 2 rings (SSSR count). The topological polar surface area (TPSA) is 6.48 Å². The van der Waals surface area contributed by atoms with Crippen LogP contribution in [0.15, 0.2) is 24.3 Å². The minimum Gasteiger partial charge on any atom is -0.370 e. The lowest BCUT2D eigenvalue weighted by atomic mass is 10.2. The second kappa shape index (κ2) is 6.80. The van der Waals surface area contributed by atoms with E-state index in [1.807, 2.05) is 0 Å². The molecule has 6 heteroatoms. The summed E-state index contributed by atoms with van der Waals surface area (Å²) in [6, 6.07) is 5.47. The summed E-state index contributed by atoms with van der Waals surface area (Å²) in [7, 11) is 0. The van der Waals surface area contributed by atoms with E-state index in [4.69, 9.17) is 0 Å². The zero-order valence-electron chi connectivity index (χ0n) is 11.2. The molecule has 0 spiro atoms. The monoisotopic (exact) mass is 350 g/mol. The van der Waals surface area contributed by atoms with Gasteiger partial charge in [0.2, 0.25) is 0 Å². The van der Waals surface area contributed by atoms with Gasteiger partial charge >= 0.3 is 6.18 Å². The Morgan fingerprint density at radius 1 is 1.00 bits per heavy atom. The SMILES string of the molecule is FC(F)(F)c1ccc(N2CCCN(CCBr)CC2)cc1. The maximum absolute atomic E-state index is 12.5. The first-order valence-electron chi connectivity index (χ1n) is 6.71. The molecule has 0 aromatic heterocycles. The van der Waals surface area contributed by atoms with Crippen LogP contribution in [-0.2, 0) is 6.18 Å². The van der Waals surface area contributed by atoms with Crippen molar-refractivity contribution in [2.75, 3.05) is 43.0 Å². The molecule has 1 fully saturated rings. The second-order valence-electron chi connectivity index (χ2n) is 4.92. The van der Waals surface area contributed by atoms with Crippen molar-refractivity contribution in [3.05, 3.63) is 29.8 Å². The van der Waals surface area contributed by atoms with Gasteiger partial charge in [-0.15, -0.1) is 0 Å².